The van der Waals surface area contributed by atoms with E-state index in [0.29, 0.717) is 18.4 Å². The standard InChI is InChI=1S/C11H19NO2/c1-2-14-11(13)9-7-3-5-8(6-4-7)10(9)12/h7-10H,2-6,12H2,1H3. The molecule has 0 spiro atoms. The van der Waals surface area contributed by atoms with Crippen molar-refractivity contribution in [3.63, 3.8) is 0 Å². The molecule has 3 rings (SSSR count). The van der Waals surface area contributed by atoms with Crippen molar-refractivity contribution in [2.75, 3.05) is 6.61 Å². The monoisotopic (exact) mass is 197 g/mol. The zero-order chi connectivity index (χ0) is 10.1. The summed E-state index contributed by atoms with van der Waals surface area (Å²) >= 11 is 0. The fourth-order valence-electron chi connectivity index (χ4n) is 3.08. The fourth-order valence-corrected chi connectivity index (χ4v) is 3.08. The van der Waals surface area contributed by atoms with Gasteiger partial charge in [-0.1, -0.05) is 0 Å². The van der Waals surface area contributed by atoms with E-state index in [4.69, 9.17) is 10.5 Å². The number of hydrogen-bond acceptors (Lipinski definition) is 3. The summed E-state index contributed by atoms with van der Waals surface area (Å²) in [5.74, 6) is 0.986. The predicted octanol–water partition coefficient (Wildman–Crippen LogP) is 1.31. The van der Waals surface area contributed by atoms with Gasteiger partial charge in [0, 0.05) is 6.04 Å². The van der Waals surface area contributed by atoms with Crippen molar-refractivity contribution in [1.29, 1.82) is 0 Å². The van der Waals surface area contributed by atoms with Crippen LogP contribution in [0.1, 0.15) is 32.6 Å². The van der Waals surface area contributed by atoms with Gasteiger partial charge in [-0.05, 0) is 44.4 Å². The van der Waals surface area contributed by atoms with E-state index in [9.17, 15) is 4.79 Å². The molecule has 80 valence electrons. The molecule has 0 aromatic heterocycles. The third-order valence-corrected chi connectivity index (χ3v) is 3.84. The quantitative estimate of drug-likeness (QED) is 0.679. The maximum absolute atomic E-state index is 11.7. The zero-order valence-corrected chi connectivity index (χ0v) is 8.74. The first-order chi connectivity index (χ1) is 6.74. The molecule has 3 nitrogen and oxygen atoms in total. The fraction of sp³-hybridized carbons (Fsp3) is 0.909. The molecule has 2 unspecified atom stereocenters. The summed E-state index contributed by atoms with van der Waals surface area (Å²) in [6.07, 6.45) is 4.76. The Balaban J connectivity index is 2.06. The van der Waals surface area contributed by atoms with Crippen molar-refractivity contribution in [2.45, 2.75) is 38.6 Å². The van der Waals surface area contributed by atoms with Gasteiger partial charge in [0.1, 0.15) is 0 Å². The van der Waals surface area contributed by atoms with E-state index in [0.717, 1.165) is 0 Å². The molecule has 3 saturated carbocycles. The van der Waals surface area contributed by atoms with Gasteiger partial charge in [0.25, 0.3) is 0 Å². The highest BCUT2D eigenvalue weighted by Crippen LogP contribution is 2.44. The number of fused-ring (bicyclic) bond motifs is 3. The maximum atomic E-state index is 11.7. The highest BCUT2D eigenvalue weighted by Gasteiger charge is 2.45. The van der Waals surface area contributed by atoms with Gasteiger partial charge in [-0.3, -0.25) is 4.79 Å². The van der Waals surface area contributed by atoms with Crippen LogP contribution in [0.25, 0.3) is 0 Å². The average Bonchev–Trinajstić information content (AvgIpc) is 2.19. The summed E-state index contributed by atoms with van der Waals surface area (Å²) in [5.41, 5.74) is 6.09. The first kappa shape index (κ1) is 9.97. The highest BCUT2D eigenvalue weighted by molar-refractivity contribution is 5.74. The molecule has 0 aromatic carbocycles. The lowest BCUT2D eigenvalue weighted by molar-refractivity contribution is -0.155. The van der Waals surface area contributed by atoms with Crippen LogP contribution in [0.2, 0.25) is 0 Å². The molecule has 0 radical (unpaired) electrons. The molecule has 3 aliphatic carbocycles. The summed E-state index contributed by atoms with van der Waals surface area (Å²) in [5, 5.41) is 0. The number of carbonyl (C=O) groups is 1. The number of hydrogen-bond donors (Lipinski definition) is 1. The molecular formula is C11H19NO2. The SMILES string of the molecule is CCOC(=O)C1C2CCC(CC2)C1N. The van der Waals surface area contributed by atoms with E-state index in [1.165, 1.54) is 25.7 Å². The lowest BCUT2D eigenvalue weighted by Gasteiger charge is -2.45. The van der Waals surface area contributed by atoms with E-state index < -0.39 is 0 Å². The van der Waals surface area contributed by atoms with Crippen molar-refractivity contribution in [3.05, 3.63) is 0 Å². The van der Waals surface area contributed by atoms with Crippen molar-refractivity contribution in [1.82, 2.24) is 0 Å². The Morgan fingerprint density at radius 3 is 2.36 bits per heavy atom. The molecular weight excluding hydrogens is 178 g/mol. The molecule has 0 aliphatic heterocycles. The molecule has 0 amide bonds. The maximum Gasteiger partial charge on any atom is 0.310 e. The summed E-state index contributed by atoms with van der Waals surface area (Å²) in [6, 6.07) is 0.0570. The van der Waals surface area contributed by atoms with Gasteiger partial charge >= 0.3 is 5.97 Å². The summed E-state index contributed by atoms with van der Waals surface area (Å²) in [4.78, 5) is 11.7. The van der Waals surface area contributed by atoms with Gasteiger partial charge in [0.15, 0.2) is 0 Å². The largest absolute Gasteiger partial charge is 0.466 e. The highest BCUT2D eigenvalue weighted by atomic mass is 16.5. The Kier molecular flexibility index (Phi) is 2.77. The minimum atomic E-state index is -0.0607. The number of esters is 1. The second-order valence-corrected chi connectivity index (χ2v) is 4.53. The Hall–Kier alpha value is -0.570. The third-order valence-electron chi connectivity index (χ3n) is 3.84. The van der Waals surface area contributed by atoms with Gasteiger partial charge in [-0.25, -0.2) is 0 Å². The van der Waals surface area contributed by atoms with Gasteiger partial charge in [-0.2, -0.15) is 0 Å². The third kappa shape index (κ3) is 1.54. The van der Waals surface area contributed by atoms with Crippen molar-refractivity contribution in [2.24, 2.45) is 23.5 Å². The minimum absolute atomic E-state index is 0.0116. The van der Waals surface area contributed by atoms with Crippen LogP contribution in [0.15, 0.2) is 0 Å². The Labute approximate surface area is 85.0 Å². The number of ether oxygens (including phenoxy) is 1. The molecule has 0 aromatic rings. The summed E-state index contributed by atoms with van der Waals surface area (Å²) in [7, 11) is 0. The van der Waals surface area contributed by atoms with Crippen LogP contribution in [0.3, 0.4) is 0 Å². The molecule has 14 heavy (non-hydrogen) atoms. The first-order valence-electron chi connectivity index (χ1n) is 5.66. The number of rotatable bonds is 2. The van der Waals surface area contributed by atoms with Crippen molar-refractivity contribution < 1.29 is 9.53 Å². The predicted molar refractivity (Wildman–Crippen MR) is 53.5 cm³/mol. The van der Waals surface area contributed by atoms with Crippen LogP contribution < -0.4 is 5.73 Å². The molecule has 2 atom stereocenters. The minimum Gasteiger partial charge on any atom is -0.466 e. The van der Waals surface area contributed by atoms with E-state index in [-0.39, 0.29) is 17.9 Å². The van der Waals surface area contributed by atoms with Crippen LogP contribution in [-0.2, 0) is 9.53 Å². The second kappa shape index (κ2) is 3.89. The van der Waals surface area contributed by atoms with Gasteiger partial charge in [0.05, 0.1) is 12.5 Å². The van der Waals surface area contributed by atoms with E-state index in [2.05, 4.69) is 0 Å². The van der Waals surface area contributed by atoms with Crippen molar-refractivity contribution in [3.8, 4) is 0 Å². The lowest BCUT2D eigenvalue weighted by Crippen LogP contribution is -2.52. The molecule has 3 aliphatic rings. The molecule has 3 heteroatoms. The lowest BCUT2D eigenvalue weighted by atomic mass is 9.62. The Morgan fingerprint density at radius 1 is 1.29 bits per heavy atom. The number of carbonyl (C=O) groups excluding carboxylic acids is 1. The molecule has 0 heterocycles. The van der Waals surface area contributed by atoms with Crippen LogP contribution in [-0.4, -0.2) is 18.6 Å². The van der Waals surface area contributed by atoms with E-state index in [1.807, 2.05) is 6.92 Å². The van der Waals surface area contributed by atoms with Crippen LogP contribution in [0, 0.1) is 17.8 Å². The molecule has 2 N–H and O–H groups in total. The van der Waals surface area contributed by atoms with Crippen LogP contribution in [0.5, 0.6) is 0 Å². The summed E-state index contributed by atoms with van der Waals surface area (Å²) < 4.78 is 5.09. The smallest absolute Gasteiger partial charge is 0.310 e. The van der Waals surface area contributed by atoms with E-state index >= 15 is 0 Å². The van der Waals surface area contributed by atoms with Gasteiger partial charge < -0.3 is 10.5 Å². The van der Waals surface area contributed by atoms with Crippen LogP contribution in [0.4, 0.5) is 0 Å². The van der Waals surface area contributed by atoms with E-state index in [1.54, 1.807) is 0 Å². The second-order valence-electron chi connectivity index (χ2n) is 4.53. The molecule has 2 bridgehead atoms. The van der Waals surface area contributed by atoms with Gasteiger partial charge in [0.2, 0.25) is 0 Å². The van der Waals surface area contributed by atoms with Crippen LogP contribution >= 0.6 is 0 Å². The Bertz CT molecular complexity index is 219. The Morgan fingerprint density at radius 2 is 1.86 bits per heavy atom. The van der Waals surface area contributed by atoms with Crippen molar-refractivity contribution >= 4 is 5.97 Å². The zero-order valence-electron chi connectivity index (χ0n) is 8.74. The topological polar surface area (TPSA) is 52.3 Å². The first-order valence-corrected chi connectivity index (χ1v) is 5.66. The molecule has 3 fully saturated rings. The van der Waals surface area contributed by atoms with Gasteiger partial charge in [-0.15, -0.1) is 0 Å². The average molecular weight is 197 g/mol. The normalized spacial score (nSPS) is 41.0. The summed E-state index contributed by atoms with van der Waals surface area (Å²) in [6.45, 7) is 2.32. The molecule has 0 saturated heterocycles. The number of nitrogens with two attached hydrogens (primary N) is 1.